The number of rotatable bonds is 8. The number of benzene rings is 1. The molecule has 1 amide bonds. The second kappa shape index (κ2) is 12.4. The van der Waals surface area contributed by atoms with Crippen LogP contribution < -0.4 is 11.5 Å². The van der Waals surface area contributed by atoms with Crippen LogP contribution in [0.1, 0.15) is 42.4 Å². The standard InChI is InChI=1S/C30H36F3N7O/c31-24-6-5-21(26(32)17-24)19-40(20-23-4-2-12-37-28(23)35)25-7-13-39(14-8-25)29(41)30(33)9-15-38(16-10-30)18-22-3-1-11-36-27(22)34/h1-6,11-12,17,25H,7-10,13-16,18-20H2,(H2,34,36)(H2,35,37). The summed E-state index contributed by atoms with van der Waals surface area (Å²) in [6.07, 6.45) is 4.69. The second-order valence-corrected chi connectivity index (χ2v) is 11.0. The van der Waals surface area contributed by atoms with Crippen molar-refractivity contribution in [1.29, 1.82) is 0 Å². The van der Waals surface area contributed by atoms with Gasteiger partial charge in [-0.25, -0.2) is 23.1 Å². The Morgan fingerprint density at radius 2 is 1.51 bits per heavy atom. The molecular formula is C30H36F3N7O. The Bertz CT molecular complexity index is 1360. The maximum absolute atomic E-state index is 15.9. The van der Waals surface area contributed by atoms with Gasteiger partial charge in [-0.05, 0) is 31.0 Å². The van der Waals surface area contributed by atoms with Crippen molar-refractivity contribution in [1.82, 2.24) is 24.7 Å². The number of carbonyl (C=O) groups is 1. The van der Waals surface area contributed by atoms with E-state index in [1.165, 1.54) is 12.1 Å². The molecule has 2 saturated heterocycles. The number of pyridine rings is 2. The van der Waals surface area contributed by atoms with Gasteiger partial charge in [0.2, 0.25) is 0 Å². The zero-order chi connectivity index (χ0) is 29.0. The van der Waals surface area contributed by atoms with E-state index in [-0.39, 0.29) is 25.4 Å². The minimum atomic E-state index is -1.90. The summed E-state index contributed by atoms with van der Waals surface area (Å²) in [5.41, 5.74) is 12.2. The molecule has 0 unspecified atom stereocenters. The highest BCUT2D eigenvalue weighted by atomic mass is 19.1. The Kier molecular flexibility index (Phi) is 8.74. The van der Waals surface area contributed by atoms with Gasteiger partial charge in [0.1, 0.15) is 23.3 Å². The van der Waals surface area contributed by atoms with Gasteiger partial charge in [-0.1, -0.05) is 18.2 Å². The van der Waals surface area contributed by atoms with Crippen molar-refractivity contribution in [2.75, 3.05) is 37.6 Å². The number of nitrogens with zero attached hydrogens (tertiary/aromatic N) is 5. The number of nitrogen functional groups attached to an aromatic ring is 2. The Morgan fingerprint density at radius 1 is 0.902 bits per heavy atom. The van der Waals surface area contributed by atoms with E-state index in [2.05, 4.69) is 19.8 Å². The SMILES string of the molecule is Nc1ncccc1CN1CCC(F)(C(=O)N2CCC(N(Cc3ccc(F)cc3F)Cc3cccnc3N)CC2)CC1. The highest BCUT2D eigenvalue weighted by Crippen LogP contribution is 2.32. The van der Waals surface area contributed by atoms with Crippen LogP contribution in [0.4, 0.5) is 24.8 Å². The number of alkyl halides is 1. The zero-order valence-corrected chi connectivity index (χ0v) is 23.0. The summed E-state index contributed by atoms with van der Waals surface area (Å²) >= 11 is 0. The van der Waals surface area contributed by atoms with E-state index in [4.69, 9.17) is 11.5 Å². The molecule has 0 radical (unpaired) electrons. The molecule has 218 valence electrons. The molecule has 0 spiro atoms. The second-order valence-electron chi connectivity index (χ2n) is 11.0. The summed E-state index contributed by atoms with van der Waals surface area (Å²) in [4.78, 5) is 27.4. The van der Waals surface area contributed by atoms with E-state index in [9.17, 15) is 13.6 Å². The largest absolute Gasteiger partial charge is 0.383 e. The lowest BCUT2D eigenvalue weighted by atomic mass is 9.90. The Labute approximate surface area is 238 Å². The number of amides is 1. The van der Waals surface area contributed by atoms with Crippen molar-refractivity contribution in [3.8, 4) is 0 Å². The molecule has 2 fully saturated rings. The van der Waals surface area contributed by atoms with Crippen molar-refractivity contribution in [2.24, 2.45) is 0 Å². The average molecular weight is 568 g/mol. The quantitative estimate of drug-likeness (QED) is 0.425. The molecule has 0 aliphatic carbocycles. The van der Waals surface area contributed by atoms with E-state index >= 15 is 4.39 Å². The Hall–Kier alpha value is -3.70. The smallest absolute Gasteiger partial charge is 0.260 e. The van der Waals surface area contributed by atoms with Gasteiger partial charge in [-0.3, -0.25) is 14.6 Å². The van der Waals surface area contributed by atoms with Crippen molar-refractivity contribution in [3.05, 3.63) is 83.2 Å². The van der Waals surface area contributed by atoms with E-state index in [0.717, 1.165) is 17.2 Å². The van der Waals surface area contributed by atoms with Crippen LogP contribution in [-0.2, 0) is 24.4 Å². The summed E-state index contributed by atoms with van der Waals surface area (Å²) in [7, 11) is 0. The number of hydrogen-bond acceptors (Lipinski definition) is 7. The molecule has 4 heterocycles. The van der Waals surface area contributed by atoms with Gasteiger partial charge in [0.15, 0.2) is 5.67 Å². The number of aromatic nitrogens is 2. The molecule has 2 aliphatic rings. The molecule has 0 bridgehead atoms. The molecular weight excluding hydrogens is 531 g/mol. The number of halogens is 3. The van der Waals surface area contributed by atoms with Gasteiger partial charge in [0.05, 0.1) is 0 Å². The average Bonchev–Trinajstić information content (AvgIpc) is 2.97. The summed E-state index contributed by atoms with van der Waals surface area (Å²) in [5, 5.41) is 0. The van der Waals surface area contributed by atoms with Crippen LogP contribution in [0.25, 0.3) is 0 Å². The fourth-order valence-corrected chi connectivity index (χ4v) is 5.81. The van der Waals surface area contributed by atoms with Crippen LogP contribution in [0.3, 0.4) is 0 Å². The van der Waals surface area contributed by atoms with Gasteiger partial charge in [0.25, 0.3) is 5.91 Å². The summed E-state index contributed by atoms with van der Waals surface area (Å²) in [6, 6.07) is 11.0. The Morgan fingerprint density at radius 3 is 2.12 bits per heavy atom. The topological polar surface area (TPSA) is 105 Å². The summed E-state index contributed by atoms with van der Waals surface area (Å²) in [6.45, 7) is 2.93. The first-order valence-electron chi connectivity index (χ1n) is 14.0. The van der Waals surface area contributed by atoms with Crippen LogP contribution in [0.15, 0.2) is 54.9 Å². The van der Waals surface area contributed by atoms with Crippen molar-refractivity contribution >= 4 is 17.5 Å². The fourth-order valence-electron chi connectivity index (χ4n) is 5.81. The maximum Gasteiger partial charge on any atom is 0.260 e. The summed E-state index contributed by atoms with van der Waals surface area (Å²) < 4.78 is 44.0. The predicted molar refractivity (Wildman–Crippen MR) is 151 cm³/mol. The van der Waals surface area contributed by atoms with Gasteiger partial charge >= 0.3 is 0 Å². The van der Waals surface area contributed by atoms with E-state index in [1.807, 2.05) is 18.2 Å². The van der Waals surface area contributed by atoms with Gasteiger partial charge in [0, 0.05) is 99.8 Å². The summed E-state index contributed by atoms with van der Waals surface area (Å²) in [5.74, 6) is -0.844. The molecule has 4 N–H and O–H groups in total. The van der Waals surface area contributed by atoms with Gasteiger partial charge in [-0.2, -0.15) is 0 Å². The van der Waals surface area contributed by atoms with Crippen LogP contribution in [-0.4, -0.2) is 68.5 Å². The molecule has 2 aromatic heterocycles. The maximum atomic E-state index is 15.9. The first-order valence-corrected chi connectivity index (χ1v) is 14.0. The third-order valence-corrected chi connectivity index (χ3v) is 8.31. The van der Waals surface area contributed by atoms with Crippen LogP contribution in [0.2, 0.25) is 0 Å². The third-order valence-electron chi connectivity index (χ3n) is 8.31. The third kappa shape index (κ3) is 6.79. The number of carbonyl (C=O) groups excluding carboxylic acids is 1. The lowest BCUT2D eigenvalue weighted by molar-refractivity contribution is -0.149. The number of nitrogens with two attached hydrogens (primary N) is 2. The first kappa shape index (κ1) is 28.8. The fraction of sp³-hybridized carbons (Fsp3) is 0.433. The monoisotopic (exact) mass is 567 g/mol. The lowest BCUT2D eigenvalue weighted by Gasteiger charge is -2.42. The number of likely N-dealkylation sites (tertiary alicyclic amines) is 2. The van der Waals surface area contributed by atoms with Crippen molar-refractivity contribution < 1.29 is 18.0 Å². The minimum Gasteiger partial charge on any atom is -0.383 e. The van der Waals surface area contributed by atoms with E-state index in [0.29, 0.717) is 69.3 Å². The molecule has 3 aromatic rings. The molecule has 11 heteroatoms. The van der Waals surface area contributed by atoms with E-state index in [1.54, 1.807) is 23.4 Å². The van der Waals surface area contributed by atoms with Gasteiger partial charge in [-0.15, -0.1) is 0 Å². The molecule has 0 saturated carbocycles. The number of hydrogen-bond donors (Lipinski definition) is 2. The van der Waals surface area contributed by atoms with Crippen LogP contribution >= 0.6 is 0 Å². The number of anilines is 2. The lowest BCUT2D eigenvalue weighted by Crippen LogP contribution is -2.55. The predicted octanol–water partition coefficient (Wildman–Crippen LogP) is 3.92. The Balaban J connectivity index is 1.21. The number of piperidine rings is 2. The molecule has 1 aromatic carbocycles. The van der Waals surface area contributed by atoms with Crippen LogP contribution in [0, 0.1) is 11.6 Å². The van der Waals surface area contributed by atoms with Crippen LogP contribution in [0.5, 0.6) is 0 Å². The molecule has 5 rings (SSSR count). The van der Waals surface area contributed by atoms with Crippen molar-refractivity contribution in [3.63, 3.8) is 0 Å². The van der Waals surface area contributed by atoms with Crippen molar-refractivity contribution in [2.45, 2.75) is 57.0 Å². The highest BCUT2D eigenvalue weighted by molar-refractivity contribution is 5.85. The zero-order valence-electron chi connectivity index (χ0n) is 23.0. The molecule has 2 aliphatic heterocycles. The highest BCUT2D eigenvalue weighted by Gasteiger charge is 2.45. The minimum absolute atomic E-state index is 0.00883. The molecule has 8 nitrogen and oxygen atoms in total. The molecule has 41 heavy (non-hydrogen) atoms. The van der Waals surface area contributed by atoms with E-state index < -0.39 is 23.2 Å². The van der Waals surface area contributed by atoms with Gasteiger partial charge < -0.3 is 16.4 Å². The first-order chi connectivity index (χ1) is 19.7. The molecule has 0 atom stereocenters. The normalized spacial score (nSPS) is 18.1.